The van der Waals surface area contributed by atoms with E-state index in [0.29, 0.717) is 6.54 Å². The first-order valence-electron chi connectivity index (χ1n) is 8.15. The highest BCUT2D eigenvalue weighted by Crippen LogP contribution is 2.33. The largest absolute Gasteiger partial charge is 0.304 e. The first kappa shape index (κ1) is 14.4. The number of rotatable bonds is 2. The summed E-state index contributed by atoms with van der Waals surface area (Å²) in [5.41, 5.74) is 4.91. The number of carbonyl (C=O) groups excluding carboxylic acids is 1. The molecule has 0 saturated heterocycles. The second-order valence-electron chi connectivity index (χ2n) is 6.08. The number of para-hydroxylation sites is 1. The molecule has 5 rings (SSSR count). The molecule has 0 fully saturated rings. The Morgan fingerprint density at radius 2 is 1.64 bits per heavy atom. The minimum Gasteiger partial charge on any atom is -0.304 e. The van der Waals surface area contributed by atoms with Gasteiger partial charge in [0.1, 0.15) is 5.01 Å². The van der Waals surface area contributed by atoms with E-state index in [4.69, 9.17) is 4.98 Å². The van der Waals surface area contributed by atoms with Crippen LogP contribution in [0.15, 0.2) is 72.8 Å². The van der Waals surface area contributed by atoms with Crippen LogP contribution >= 0.6 is 11.3 Å². The topological polar surface area (TPSA) is 33.2 Å². The van der Waals surface area contributed by atoms with Crippen molar-refractivity contribution in [3.8, 4) is 10.6 Å². The van der Waals surface area contributed by atoms with E-state index < -0.39 is 0 Å². The van der Waals surface area contributed by atoms with Crippen LogP contribution in [-0.2, 0) is 6.54 Å². The van der Waals surface area contributed by atoms with Gasteiger partial charge in [-0.05, 0) is 48.0 Å². The van der Waals surface area contributed by atoms with E-state index in [0.717, 1.165) is 32.9 Å². The Hall–Kier alpha value is -2.98. The normalized spacial score (nSPS) is 13.4. The molecule has 25 heavy (non-hydrogen) atoms. The highest BCUT2D eigenvalue weighted by atomic mass is 32.1. The highest BCUT2D eigenvalue weighted by molar-refractivity contribution is 7.21. The molecule has 0 spiro atoms. The summed E-state index contributed by atoms with van der Waals surface area (Å²) in [6.07, 6.45) is 0. The van der Waals surface area contributed by atoms with Crippen LogP contribution in [0.4, 0.5) is 5.69 Å². The Labute approximate surface area is 149 Å². The fourth-order valence-electron chi connectivity index (χ4n) is 3.24. The zero-order valence-corrected chi connectivity index (χ0v) is 14.2. The molecule has 3 nitrogen and oxygen atoms in total. The molecule has 4 aromatic rings. The molecule has 0 saturated carbocycles. The first-order chi connectivity index (χ1) is 12.3. The van der Waals surface area contributed by atoms with Gasteiger partial charge in [0.2, 0.25) is 0 Å². The molecule has 0 bridgehead atoms. The predicted octanol–water partition coefficient (Wildman–Crippen LogP) is 5.12. The van der Waals surface area contributed by atoms with Gasteiger partial charge >= 0.3 is 0 Å². The van der Waals surface area contributed by atoms with E-state index >= 15 is 0 Å². The van der Waals surface area contributed by atoms with Gasteiger partial charge in [-0.1, -0.05) is 30.3 Å². The minimum atomic E-state index is 0.0725. The lowest BCUT2D eigenvalue weighted by Gasteiger charge is -2.15. The molecule has 3 aromatic carbocycles. The monoisotopic (exact) mass is 342 g/mol. The Balaban J connectivity index is 1.47. The van der Waals surface area contributed by atoms with Crippen molar-refractivity contribution in [3.63, 3.8) is 0 Å². The van der Waals surface area contributed by atoms with Gasteiger partial charge in [0.25, 0.3) is 5.91 Å². The van der Waals surface area contributed by atoms with E-state index in [-0.39, 0.29) is 5.91 Å². The third kappa shape index (κ3) is 2.34. The fourth-order valence-corrected chi connectivity index (χ4v) is 4.21. The van der Waals surface area contributed by atoms with Gasteiger partial charge in [0.05, 0.1) is 16.8 Å². The van der Waals surface area contributed by atoms with Crippen LogP contribution < -0.4 is 4.90 Å². The van der Waals surface area contributed by atoms with Crippen LogP contribution in [0.2, 0.25) is 0 Å². The van der Waals surface area contributed by atoms with E-state index in [1.807, 2.05) is 71.6 Å². The zero-order chi connectivity index (χ0) is 16.8. The van der Waals surface area contributed by atoms with Gasteiger partial charge < -0.3 is 4.90 Å². The van der Waals surface area contributed by atoms with Gasteiger partial charge in [0, 0.05) is 16.8 Å². The summed E-state index contributed by atoms with van der Waals surface area (Å²) in [5, 5.41) is 1.00. The Kier molecular flexibility index (Phi) is 3.18. The van der Waals surface area contributed by atoms with Gasteiger partial charge in [0.15, 0.2) is 0 Å². The van der Waals surface area contributed by atoms with Crippen molar-refractivity contribution >= 4 is 33.1 Å². The van der Waals surface area contributed by atoms with Crippen molar-refractivity contribution in [1.82, 2.24) is 4.98 Å². The number of nitrogens with zero attached hydrogens (tertiary/aromatic N) is 2. The predicted molar refractivity (Wildman–Crippen MR) is 102 cm³/mol. The SMILES string of the molecule is O=C1c2ccccc2CN1c1ccc(-c2nc3ccccc3s2)cc1. The third-order valence-corrected chi connectivity index (χ3v) is 5.63. The summed E-state index contributed by atoms with van der Waals surface area (Å²) in [7, 11) is 0. The molecule has 0 N–H and O–H groups in total. The first-order valence-corrected chi connectivity index (χ1v) is 8.97. The molecule has 0 atom stereocenters. The van der Waals surface area contributed by atoms with Crippen LogP contribution in [-0.4, -0.2) is 10.9 Å². The van der Waals surface area contributed by atoms with Gasteiger partial charge in [-0.25, -0.2) is 4.98 Å². The summed E-state index contributed by atoms with van der Waals surface area (Å²) in [6.45, 7) is 0.634. The molecule has 1 aliphatic rings. The van der Waals surface area contributed by atoms with Crippen molar-refractivity contribution in [3.05, 3.63) is 83.9 Å². The average Bonchev–Trinajstić information content (AvgIpc) is 3.24. The van der Waals surface area contributed by atoms with Crippen LogP contribution in [0.3, 0.4) is 0 Å². The van der Waals surface area contributed by atoms with E-state index in [9.17, 15) is 4.79 Å². The minimum absolute atomic E-state index is 0.0725. The van der Waals surface area contributed by atoms with Crippen LogP contribution in [0, 0.1) is 0 Å². The lowest BCUT2D eigenvalue weighted by atomic mass is 10.1. The molecule has 0 aliphatic carbocycles. The number of amides is 1. The fraction of sp³-hybridized carbons (Fsp3) is 0.0476. The Bertz CT molecular complexity index is 1070. The third-order valence-electron chi connectivity index (χ3n) is 4.54. The van der Waals surface area contributed by atoms with Crippen LogP contribution in [0.5, 0.6) is 0 Å². The van der Waals surface area contributed by atoms with Crippen LogP contribution in [0.25, 0.3) is 20.8 Å². The highest BCUT2D eigenvalue weighted by Gasteiger charge is 2.27. The summed E-state index contributed by atoms with van der Waals surface area (Å²) in [4.78, 5) is 19.1. The number of hydrogen-bond donors (Lipinski definition) is 0. The number of fused-ring (bicyclic) bond motifs is 2. The number of hydrogen-bond acceptors (Lipinski definition) is 3. The van der Waals surface area contributed by atoms with Crippen molar-refractivity contribution in [1.29, 1.82) is 0 Å². The van der Waals surface area contributed by atoms with Gasteiger partial charge in [-0.2, -0.15) is 0 Å². The number of benzene rings is 3. The average molecular weight is 342 g/mol. The number of thiazole rings is 1. The molecule has 0 unspecified atom stereocenters. The number of carbonyl (C=O) groups is 1. The Morgan fingerprint density at radius 3 is 2.44 bits per heavy atom. The van der Waals surface area contributed by atoms with Crippen molar-refractivity contribution in [2.45, 2.75) is 6.54 Å². The molecular weight excluding hydrogens is 328 g/mol. The maximum absolute atomic E-state index is 12.6. The lowest BCUT2D eigenvalue weighted by molar-refractivity contribution is 0.0996. The van der Waals surface area contributed by atoms with Crippen molar-refractivity contribution in [2.75, 3.05) is 4.90 Å². The maximum Gasteiger partial charge on any atom is 0.258 e. The molecule has 2 heterocycles. The number of anilines is 1. The van der Waals surface area contributed by atoms with E-state index in [1.54, 1.807) is 11.3 Å². The second-order valence-corrected chi connectivity index (χ2v) is 7.11. The molecule has 0 radical (unpaired) electrons. The summed E-state index contributed by atoms with van der Waals surface area (Å²) >= 11 is 1.69. The Morgan fingerprint density at radius 1 is 0.880 bits per heavy atom. The standard InChI is InChI=1S/C21H14N2OS/c24-21-17-6-2-1-5-15(17)13-23(21)16-11-9-14(10-12-16)20-22-18-7-3-4-8-19(18)25-20/h1-12H,13H2. The maximum atomic E-state index is 12.6. The summed E-state index contributed by atoms with van der Waals surface area (Å²) in [6, 6.07) is 24.1. The van der Waals surface area contributed by atoms with Crippen molar-refractivity contribution < 1.29 is 4.79 Å². The molecule has 1 aliphatic heterocycles. The molecule has 1 amide bonds. The summed E-state index contributed by atoms with van der Waals surface area (Å²) in [5.74, 6) is 0.0725. The summed E-state index contributed by atoms with van der Waals surface area (Å²) < 4.78 is 1.19. The second kappa shape index (κ2) is 5.53. The quantitative estimate of drug-likeness (QED) is 0.506. The number of aromatic nitrogens is 1. The lowest BCUT2D eigenvalue weighted by Crippen LogP contribution is -2.22. The molecule has 1 aromatic heterocycles. The van der Waals surface area contributed by atoms with Crippen LogP contribution in [0.1, 0.15) is 15.9 Å². The molecule has 4 heteroatoms. The van der Waals surface area contributed by atoms with E-state index in [2.05, 4.69) is 6.07 Å². The van der Waals surface area contributed by atoms with Gasteiger partial charge in [-0.3, -0.25) is 4.79 Å². The zero-order valence-electron chi connectivity index (χ0n) is 13.3. The van der Waals surface area contributed by atoms with Gasteiger partial charge in [-0.15, -0.1) is 11.3 Å². The molecule has 120 valence electrons. The van der Waals surface area contributed by atoms with E-state index in [1.165, 1.54) is 4.70 Å². The molecular formula is C21H14N2OS. The van der Waals surface area contributed by atoms with Crippen molar-refractivity contribution in [2.24, 2.45) is 0 Å². The smallest absolute Gasteiger partial charge is 0.258 e.